The minimum atomic E-state index is -4.19. The molecule has 53 heavy (non-hydrogen) atoms. The molecule has 2 aliphatic carbocycles. The van der Waals surface area contributed by atoms with Gasteiger partial charge in [-0.05, 0) is 73.4 Å². The number of likely N-dealkylation sites (tertiary alicyclic amines) is 1. The van der Waals surface area contributed by atoms with Crippen LogP contribution in [0.1, 0.15) is 50.5 Å². The van der Waals surface area contributed by atoms with Gasteiger partial charge in [0.15, 0.2) is 5.82 Å². The van der Waals surface area contributed by atoms with Gasteiger partial charge in [0.05, 0.1) is 19.3 Å². The molecule has 5 heterocycles. The molecule has 3 atom stereocenters. The van der Waals surface area contributed by atoms with E-state index < -0.39 is 30.1 Å². The fourth-order valence-corrected chi connectivity index (χ4v) is 9.21. The third-order valence-corrected chi connectivity index (χ3v) is 12.1. The van der Waals surface area contributed by atoms with Crippen molar-refractivity contribution in [2.45, 2.75) is 63.2 Å². The van der Waals surface area contributed by atoms with Crippen LogP contribution in [-0.2, 0) is 0 Å². The van der Waals surface area contributed by atoms with E-state index >= 15 is 4.39 Å². The number of fused-ring (bicyclic) bond motifs is 4. The number of ether oxygens (including phenoxy) is 2. The third kappa shape index (κ3) is 6.15. The number of aromatic hydroxyl groups is 1. The van der Waals surface area contributed by atoms with E-state index in [1.54, 1.807) is 0 Å². The van der Waals surface area contributed by atoms with E-state index in [0.717, 1.165) is 38.5 Å². The van der Waals surface area contributed by atoms with Crippen LogP contribution in [0.3, 0.4) is 0 Å². The molecule has 9 nitrogen and oxygen atoms in total. The number of aromatic nitrogens is 3. The van der Waals surface area contributed by atoms with E-state index in [9.17, 15) is 22.7 Å². The summed E-state index contributed by atoms with van der Waals surface area (Å²) in [4.78, 5) is 18.3. The molecule has 14 heteroatoms. The number of phenolic OH excluding ortho intramolecular Hbond substituents is 1. The molecule has 5 aliphatic rings. The van der Waals surface area contributed by atoms with Gasteiger partial charge >= 0.3 is 12.2 Å². The van der Waals surface area contributed by atoms with Gasteiger partial charge in [0.1, 0.15) is 34.0 Å². The molecule has 3 aliphatic heterocycles. The minimum Gasteiger partial charge on any atom is -0.508 e. The number of piperazine rings is 1. The van der Waals surface area contributed by atoms with Gasteiger partial charge in [0, 0.05) is 67.6 Å². The second-order valence-corrected chi connectivity index (χ2v) is 15.9. The fourth-order valence-electron chi connectivity index (χ4n) is 9.21. The van der Waals surface area contributed by atoms with Crippen molar-refractivity contribution in [3.8, 4) is 41.2 Å². The maximum Gasteiger partial charge on any atom is 0.389 e. The normalized spacial score (nSPS) is 24.2. The van der Waals surface area contributed by atoms with Crippen LogP contribution in [0.25, 0.3) is 32.9 Å². The van der Waals surface area contributed by atoms with Crippen LogP contribution in [0, 0.1) is 40.7 Å². The van der Waals surface area contributed by atoms with Crippen molar-refractivity contribution in [2.75, 3.05) is 51.3 Å². The molecule has 4 aromatic rings. The first-order valence-electron chi connectivity index (χ1n) is 18.2. The van der Waals surface area contributed by atoms with Gasteiger partial charge in [-0.1, -0.05) is 12.0 Å². The van der Waals surface area contributed by atoms with Crippen LogP contribution in [0.15, 0.2) is 24.3 Å². The van der Waals surface area contributed by atoms with Gasteiger partial charge < -0.3 is 29.7 Å². The number of anilines is 1. The standard InChI is InChI=1S/C39H39F5N6O3/c1-3-26-28(40)7-4-21-12-25(51)13-27(29(21)26)32-31(41)33-30(35(46-32)52-2)34(50-16-23-5-6-24(17-50)45-23)48-36(47-33)53-20-37(8-9-37)18-49-15-22(14-39(42,43)44)38(19-49)10-11-38/h1,4,7,12-13,22-24,45,51H,5-6,8-11,14-20H2,2H3. The number of rotatable bonds is 9. The molecule has 2 bridgehead atoms. The first-order chi connectivity index (χ1) is 25.4. The largest absolute Gasteiger partial charge is 0.508 e. The molecule has 0 radical (unpaired) electrons. The molecular formula is C39H39F5N6O3. The van der Waals surface area contributed by atoms with Crippen LogP contribution in [-0.4, -0.2) is 89.7 Å². The summed E-state index contributed by atoms with van der Waals surface area (Å²) in [6, 6.07) is 5.72. The third-order valence-electron chi connectivity index (χ3n) is 12.1. The van der Waals surface area contributed by atoms with Gasteiger partial charge in [0.25, 0.3) is 0 Å². The Morgan fingerprint density at radius 1 is 1.02 bits per heavy atom. The zero-order valence-electron chi connectivity index (χ0n) is 29.2. The lowest BCUT2D eigenvalue weighted by molar-refractivity contribution is -0.147. The molecule has 3 saturated heterocycles. The molecule has 2 aromatic carbocycles. The van der Waals surface area contributed by atoms with Crippen LogP contribution in [0.5, 0.6) is 17.6 Å². The Bertz CT molecular complexity index is 2170. The number of hydrogen-bond donors (Lipinski definition) is 2. The van der Waals surface area contributed by atoms with Gasteiger partial charge in [-0.3, -0.25) is 0 Å². The molecule has 9 rings (SSSR count). The van der Waals surface area contributed by atoms with E-state index in [0.29, 0.717) is 43.9 Å². The van der Waals surface area contributed by atoms with Crippen molar-refractivity contribution in [2.24, 2.45) is 16.7 Å². The van der Waals surface area contributed by atoms with E-state index in [1.807, 2.05) is 0 Å². The van der Waals surface area contributed by atoms with Gasteiger partial charge in [-0.2, -0.15) is 23.1 Å². The average Bonchev–Trinajstić information content (AvgIpc) is 4.02. The van der Waals surface area contributed by atoms with Gasteiger partial charge in [0.2, 0.25) is 5.88 Å². The predicted octanol–water partition coefficient (Wildman–Crippen LogP) is 6.58. The fraction of sp³-hybridized carbons (Fsp3) is 0.513. The maximum atomic E-state index is 17.1. The summed E-state index contributed by atoms with van der Waals surface area (Å²) in [5.41, 5.74) is -0.918. The molecule has 2 N–H and O–H groups in total. The summed E-state index contributed by atoms with van der Waals surface area (Å²) in [7, 11) is 1.41. The first-order valence-corrected chi connectivity index (χ1v) is 18.2. The summed E-state index contributed by atoms with van der Waals surface area (Å²) in [5.74, 6) is 0.683. The molecule has 1 spiro atoms. The lowest BCUT2D eigenvalue weighted by Crippen LogP contribution is -2.51. The number of benzene rings is 2. The number of methoxy groups -OCH3 is 1. The number of phenols is 1. The number of pyridine rings is 1. The van der Waals surface area contributed by atoms with Crippen LogP contribution in [0.4, 0.5) is 27.8 Å². The number of halogens is 5. The smallest absolute Gasteiger partial charge is 0.389 e. The van der Waals surface area contributed by atoms with Gasteiger partial charge in [-0.15, -0.1) is 6.42 Å². The van der Waals surface area contributed by atoms with E-state index in [2.05, 4.69) is 31.0 Å². The number of nitrogens with one attached hydrogen (secondary N) is 1. The Labute approximate surface area is 302 Å². The van der Waals surface area contributed by atoms with Crippen molar-refractivity contribution < 1.29 is 36.5 Å². The highest BCUT2D eigenvalue weighted by Gasteiger charge is 2.58. The number of terminal acetylenes is 1. The Balaban J connectivity index is 1.10. The number of nitrogens with zero attached hydrogens (tertiary/aromatic N) is 5. The molecule has 5 fully saturated rings. The zero-order valence-corrected chi connectivity index (χ0v) is 29.2. The van der Waals surface area contributed by atoms with Crippen molar-refractivity contribution in [1.82, 2.24) is 25.2 Å². The molecule has 2 aromatic heterocycles. The van der Waals surface area contributed by atoms with Crippen LogP contribution >= 0.6 is 0 Å². The number of hydrogen-bond acceptors (Lipinski definition) is 9. The van der Waals surface area contributed by atoms with Crippen molar-refractivity contribution in [3.05, 3.63) is 41.5 Å². The Hall–Kier alpha value is -4.48. The molecule has 278 valence electrons. The summed E-state index contributed by atoms with van der Waals surface area (Å²) < 4.78 is 84.4. The molecule has 0 amide bonds. The lowest BCUT2D eigenvalue weighted by atomic mass is 9.90. The van der Waals surface area contributed by atoms with E-state index in [-0.39, 0.29) is 80.3 Å². The second-order valence-electron chi connectivity index (χ2n) is 15.9. The quantitative estimate of drug-likeness (QED) is 0.146. The average molecular weight is 735 g/mol. The molecule has 3 unspecified atom stereocenters. The zero-order chi connectivity index (χ0) is 36.9. The summed E-state index contributed by atoms with van der Waals surface area (Å²) >= 11 is 0. The minimum absolute atomic E-state index is 0.0362. The predicted molar refractivity (Wildman–Crippen MR) is 188 cm³/mol. The Morgan fingerprint density at radius 3 is 2.43 bits per heavy atom. The summed E-state index contributed by atoms with van der Waals surface area (Å²) in [6.07, 6.45) is 6.11. The number of alkyl halides is 3. The summed E-state index contributed by atoms with van der Waals surface area (Å²) in [5, 5.41) is 15.1. The highest BCUT2D eigenvalue weighted by atomic mass is 19.4. The Kier molecular flexibility index (Phi) is 7.95. The van der Waals surface area contributed by atoms with Crippen molar-refractivity contribution >= 4 is 27.5 Å². The highest BCUT2D eigenvalue weighted by Crippen LogP contribution is 2.60. The topological polar surface area (TPSA) is 95.9 Å². The van der Waals surface area contributed by atoms with Crippen molar-refractivity contribution in [3.63, 3.8) is 0 Å². The van der Waals surface area contributed by atoms with E-state index in [1.165, 1.54) is 31.4 Å². The van der Waals surface area contributed by atoms with E-state index in [4.69, 9.17) is 20.9 Å². The summed E-state index contributed by atoms with van der Waals surface area (Å²) in [6.45, 7) is 3.12. The van der Waals surface area contributed by atoms with Crippen LogP contribution in [0.2, 0.25) is 0 Å². The SMILES string of the molecule is C#Cc1c(F)ccc2cc(O)cc(-c3nc(OC)c4c(N5CC6CCC(C5)N6)nc(OCC5(CN6CC(CC(F)(F)F)C7(CC7)C6)CC5)nc4c3F)c12. The monoisotopic (exact) mass is 734 g/mol. The molecule has 2 saturated carbocycles. The lowest BCUT2D eigenvalue weighted by Gasteiger charge is -2.34. The maximum absolute atomic E-state index is 17.1. The van der Waals surface area contributed by atoms with Crippen LogP contribution < -0.4 is 19.7 Å². The van der Waals surface area contributed by atoms with Gasteiger partial charge in [-0.25, -0.2) is 13.8 Å². The Morgan fingerprint density at radius 2 is 1.77 bits per heavy atom. The second kappa shape index (κ2) is 12.3. The first kappa shape index (κ1) is 34.3. The highest BCUT2D eigenvalue weighted by molar-refractivity contribution is 6.04. The van der Waals surface area contributed by atoms with Crippen molar-refractivity contribution in [1.29, 1.82) is 0 Å². The molecular weight excluding hydrogens is 695 g/mol.